The van der Waals surface area contributed by atoms with Gasteiger partial charge in [-0.3, -0.25) is 4.79 Å². The van der Waals surface area contributed by atoms with Gasteiger partial charge in [0.25, 0.3) is 5.56 Å². The summed E-state index contributed by atoms with van der Waals surface area (Å²) in [6.07, 6.45) is 2.20. The number of rotatable bonds is 5. The number of para-hydroxylation sites is 1. The monoisotopic (exact) mass is 326 g/mol. The Hall–Kier alpha value is -2.24. The molecule has 0 aliphatic rings. The van der Waals surface area contributed by atoms with Crippen LogP contribution in [0.3, 0.4) is 0 Å². The summed E-state index contributed by atoms with van der Waals surface area (Å²) in [7, 11) is -1.01. The average molecular weight is 326 g/mol. The molecule has 1 atom stereocenters. The molecule has 1 heterocycles. The van der Waals surface area contributed by atoms with Crippen LogP contribution in [0.25, 0.3) is 10.9 Å². The molecule has 3 rings (SSSR count). The van der Waals surface area contributed by atoms with Crippen molar-refractivity contribution in [3.63, 3.8) is 0 Å². The summed E-state index contributed by atoms with van der Waals surface area (Å²) in [6.45, 7) is 0.569. The van der Waals surface area contributed by atoms with E-state index >= 15 is 0 Å². The molecular formula is C18H18N2O2S. The van der Waals surface area contributed by atoms with Gasteiger partial charge in [0.15, 0.2) is 0 Å². The third-order valence-corrected chi connectivity index (χ3v) is 4.28. The molecule has 0 aliphatic heterocycles. The minimum atomic E-state index is -1.01. The number of fused-ring (bicyclic) bond motifs is 1. The number of hydrogen-bond donors (Lipinski definition) is 2. The van der Waals surface area contributed by atoms with Crippen molar-refractivity contribution >= 4 is 21.9 Å². The standard InChI is InChI=1S/C18H18N2O2S/c1-23(22)19-12-14-8-6-13(7-9-14)10-16-11-15-4-2-3-5-17(15)20-18(16)21/h2-9,11,19H,10,12H2,1H3,(H,20,21). The Kier molecular flexibility index (Phi) is 4.69. The minimum Gasteiger partial charge on any atom is -0.322 e. The summed E-state index contributed by atoms with van der Waals surface area (Å²) in [5.74, 6) is 0. The lowest BCUT2D eigenvalue weighted by Gasteiger charge is -2.06. The molecule has 3 aromatic rings. The summed E-state index contributed by atoms with van der Waals surface area (Å²) in [6, 6.07) is 17.7. The quantitative estimate of drug-likeness (QED) is 0.757. The third kappa shape index (κ3) is 3.94. The summed E-state index contributed by atoms with van der Waals surface area (Å²) in [5.41, 5.74) is 3.71. The second kappa shape index (κ2) is 6.89. The number of nitrogens with one attached hydrogen (secondary N) is 2. The molecule has 118 valence electrons. The van der Waals surface area contributed by atoms with Crippen molar-refractivity contribution in [2.45, 2.75) is 13.0 Å². The minimum absolute atomic E-state index is 0.0455. The van der Waals surface area contributed by atoms with Gasteiger partial charge >= 0.3 is 0 Å². The van der Waals surface area contributed by atoms with Crippen molar-refractivity contribution in [1.82, 2.24) is 9.71 Å². The van der Waals surface area contributed by atoms with Gasteiger partial charge in [-0.25, -0.2) is 8.93 Å². The number of aromatic nitrogens is 1. The lowest BCUT2D eigenvalue weighted by Crippen LogP contribution is -2.15. The molecule has 0 fully saturated rings. The van der Waals surface area contributed by atoms with Gasteiger partial charge in [-0.15, -0.1) is 0 Å². The van der Waals surface area contributed by atoms with Crippen molar-refractivity contribution in [3.05, 3.63) is 81.6 Å². The number of aromatic amines is 1. The molecular weight excluding hydrogens is 308 g/mol. The van der Waals surface area contributed by atoms with Gasteiger partial charge in [0.1, 0.15) is 0 Å². The van der Waals surface area contributed by atoms with E-state index in [0.717, 1.165) is 27.6 Å². The van der Waals surface area contributed by atoms with Crippen LogP contribution in [0.5, 0.6) is 0 Å². The Labute approximate surface area is 137 Å². The molecule has 0 saturated heterocycles. The zero-order valence-corrected chi connectivity index (χ0v) is 13.7. The van der Waals surface area contributed by atoms with Crippen molar-refractivity contribution in [3.8, 4) is 0 Å². The first-order valence-corrected chi connectivity index (χ1v) is 8.93. The van der Waals surface area contributed by atoms with E-state index in [4.69, 9.17) is 0 Å². The maximum Gasteiger partial charge on any atom is 0.251 e. The molecule has 1 aromatic heterocycles. The Morgan fingerprint density at radius 2 is 1.74 bits per heavy atom. The second-order valence-corrected chi connectivity index (χ2v) is 6.68. The van der Waals surface area contributed by atoms with Gasteiger partial charge in [-0.05, 0) is 28.6 Å². The predicted octanol–water partition coefficient (Wildman–Crippen LogP) is 2.50. The zero-order chi connectivity index (χ0) is 16.2. The van der Waals surface area contributed by atoms with E-state index in [1.165, 1.54) is 0 Å². The van der Waals surface area contributed by atoms with E-state index in [2.05, 4.69) is 9.71 Å². The van der Waals surface area contributed by atoms with E-state index in [9.17, 15) is 9.00 Å². The van der Waals surface area contributed by atoms with Crippen molar-refractivity contribution < 1.29 is 4.21 Å². The fraction of sp³-hybridized carbons (Fsp3) is 0.167. The highest BCUT2D eigenvalue weighted by Crippen LogP contribution is 2.13. The van der Waals surface area contributed by atoms with Crippen LogP contribution in [0.4, 0.5) is 0 Å². The Morgan fingerprint density at radius 1 is 1.04 bits per heavy atom. The van der Waals surface area contributed by atoms with Gasteiger partial charge in [-0.1, -0.05) is 42.5 Å². The summed E-state index contributed by atoms with van der Waals surface area (Å²) >= 11 is 0. The van der Waals surface area contributed by atoms with E-state index in [1.807, 2.05) is 54.6 Å². The first kappa shape index (κ1) is 15.6. The van der Waals surface area contributed by atoms with E-state index in [-0.39, 0.29) is 5.56 Å². The SMILES string of the molecule is CS(=O)NCc1ccc(Cc2cc3ccccc3[nH]c2=O)cc1. The van der Waals surface area contributed by atoms with Gasteiger partial charge in [-0.2, -0.15) is 0 Å². The first-order chi connectivity index (χ1) is 11.1. The van der Waals surface area contributed by atoms with Crippen LogP contribution >= 0.6 is 0 Å². The zero-order valence-electron chi connectivity index (χ0n) is 12.8. The number of H-pyrrole nitrogens is 1. The van der Waals surface area contributed by atoms with Gasteiger partial charge in [0.2, 0.25) is 0 Å². The van der Waals surface area contributed by atoms with Gasteiger partial charge in [0.05, 0.1) is 11.0 Å². The lowest BCUT2D eigenvalue weighted by molar-refractivity contribution is 0.676. The number of pyridine rings is 1. The Bertz CT molecular complexity index is 901. The highest BCUT2D eigenvalue weighted by atomic mass is 32.2. The van der Waals surface area contributed by atoms with Crippen LogP contribution < -0.4 is 10.3 Å². The molecule has 0 spiro atoms. The number of benzene rings is 2. The van der Waals surface area contributed by atoms with Gasteiger partial charge in [0, 0.05) is 30.3 Å². The van der Waals surface area contributed by atoms with Crippen molar-refractivity contribution in [2.75, 3.05) is 6.26 Å². The maximum absolute atomic E-state index is 12.2. The first-order valence-electron chi connectivity index (χ1n) is 7.37. The molecule has 0 bridgehead atoms. The lowest BCUT2D eigenvalue weighted by atomic mass is 10.0. The largest absolute Gasteiger partial charge is 0.322 e. The van der Waals surface area contributed by atoms with Crippen LogP contribution in [0, 0.1) is 0 Å². The molecule has 0 saturated carbocycles. The number of hydrogen-bond acceptors (Lipinski definition) is 2. The van der Waals surface area contributed by atoms with Crippen LogP contribution in [-0.4, -0.2) is 15.4 Å². The Balaban J connectivity index is 1.80. The topological polar surface area (TPSA) is 62.0 Å². The highest BCUT2D eigenvalue weighted by molar-refractivity contribution is 7.82. The van der Waals surface area contributed by atoms with Crippen LogP contribution in [0.15, 0.2) is 59.4 Å². The van der Waals surface area contributed by atoms with E-state index in [0.29, 0.717) is 13.0 Å². The predicted molar refractivity (Wildman–Crippen MR) is 94.7 cm³/mol. The van der Waals surface area contributed by atoms with Crippen molar-refractivity contribution in [2.24, 2.45) is 0 Å². The second-order valence-electron chi connectivity index (χ2n) is 5.48. The molecule has 0 amide bonds. The van der Waals surface area contributed by atoms with Crippen LogP contribution in [-0.2, 0) is 24.0 Å². The third-order valence-electron chi connectivity index (χ3n) is 3.73. The molecule has 0 radical (unpaired) electrons. The molecule has 0 aliphatic carbocycles. The summed E-state index contributed by atoms with van der Waals surface area (Å²) < 4.78 is 13.9. The van der Waals surface area contributed by atoms with Crippen LogP contribution in [0.1, 0.15) is 16.7 Å². The molecule has 2 aromatic carbocycles. The van der Waals surface area contributed by atoms with Crippen molar-refractivity contribution in [1.29, 1.82) is 0 Å². The van der Waals surface area contributed by atoms with Crippen LogP contribution in [0.2, 0.25) is 0 Å². The molecule has 4 nitrogen and oxygen atoms in total. The molecule has 5 heteroatoms. The maximum atomic E-state index is 12.2. The summed E-state index contributed by atoms with van der Waals surface area (Å²) in [4.78, 5) is 15.1. The molecule has 1 unspecified atom stereocenters. The van der Waals surface area contributed by atoms with E-state index < -0.39 is 11.0 Å². The fourth-order valence-corrected chi connectivity index (χ4v) is 2.87. The van der Waals surface area contributed by atoms with Gasteiger partial charge < -0.3 is 4.98 Å². The Morgan fingerprint density at radius 3 is 2.48 bits per heavy atom. The normalized spacial score (nSPS) is 12.4. The smallest absolute Gasteiger partial charge is 0.251 e. The summed E-state index contributed by atoms with van der Waals surface area (Å²) in [5, 5.41) is 1.04. The molecule has 23 heavy (non-hydrogen) atoms. The fourth-order valence-electron chi connectivity index (χ4n) is 2.50. The molecule has 2 N–H and O–H groups in total. The highest BCUT2D eigenvalue weighted by Gasteiger charge is 2.04. The van der Waals surface area contributed by atoms with E-state index in [1.54, 1.807) is 6.26 Å². The average Bonchev–Trinajstić information content (AvgIpc) is 2.55.